The molecule has 0 bridgehead atoms. The Morgan fingerprint density at radius 2 is 1.94 bits per heavy atom. The molecule has 164 valence electrons. The van der Waals surface area contributed by atoms with Gasteiger partial charge in [-0.05, 0) is 54.4 Å². The summed E-state index contributed by atoms with van der Waals surface area (Å²) in [7, 11) is -1.16. The molecule has 0 spiro atoms. The lowest BCUT2D eigenvalue weighted by atomic mass is 10.0. The van der Waals surface area contributed by atoms with Gasteiger partial charge in [-0.2, -0.15) is 5.10 Å². The normalized spacial score (nSPS) is 13.1. The SMILES string of the molecule is CCC(NC(=O)c1cc(Br)cc2c1cnn2-c1ccc(F)cc1)c1ccc(S(C)=O)nc1. The maximum atomic E-state index is 13.3. The third-order valence-electron chi connectivity index (χ3n) is 5.14. The van der Waals surface area contributed by atoms with Crippen LogP contribution in [0.1, 0.15) is 35.3 Å². The molecule has 1 amide bonds. The number of nitrogens with one attached hydrogen (secondary N) is 1. The Labute approximate surface area is 195 Å². The van der Waals surface area contributed by atoms with Crippen molar-refractivity contribution in [1.29, 1.82) is 0 Å². The Morgan fingerprint density at radius 3 is 2.56 bits per heavy atom. The fraction of sp³-hybridized carbons (Fsp3) is 0.174. The predicted molar refractivity (Wildman–Crippen MR) is 126 cm³/mol. The van der Waals surface area contributed by atoms with E-state index in [1.807, 2.05) is 19.1 Å². The minimum Gasteiger partial charge on any atom is -0.345 e. The standard InChI is InChI=1S/C23H20BrFN4O2S/c1-3-20(14-4-9-22(26-12-14)32(2)31)28-23(30)18-10-15(24)11-21-19(18)13-27-29(21)17-7-5-16(25)6-8-17/h4-13,20H,3H2,1-2H3,(H,28,30). The van der Waals surface area contributed by atoms with E-state index in [0.717, 1.165) is 15.6 Å². The van der Waals surface area contributed by atoms with Gasteiger partial charge in [0, 0.05) is 22.3 Å². The summed E-state index contributed by atoms with van der Waals surface area (Å²) < 4.78 is 27.3. The van der Waals surface area contributed by atoms with Crippen LogP contribution in [-0.2, 0) is 10.8 Å². The molecule has 0 aliphatic rings. The highest BCUT2D eigenvalue weighted by Gasteiger charge is 2.19. The molecule has 4 rings (SSSR count). The van der Waals surface area contributed by atoms with Gasteiger partial charge < -0.3 is 5.32 Å². The average molecular weight is 515 g/mol. The zero-order valence-electron chi connectivity index (χ0n) is 17.4. The van der Waals surface area contributed by atoms with E-state index in [9.17, 15) is 13.4 Å². The first-order valence-electron chi connectivity index (χ1n) is 9.91. The van der Waals surface area contributed by atoms with E-state index < -0.39 is 10.8 Å². The van der Waals surface area contributed by atoms with Gasteiger partial charge in [0.05, 0.1) is 39.8 Å². The van der Waals surface area contributed by atoms with E-state index in [1.54, 1.807) is 47.6 Å². The maximum Gasteiger partial charge on any atom is 0.252 e. The van der Waals surface area contributed by atoms with E-state index in [2.05, 4.69) is 31.3 Å². The van der Waals surface area contributed by atoms with Crippen LogP contribution in [-0.4, -0.2) is 31.1 Å². The van der Waals surface area contributed by atoms with Crippen LogP contribution in [0.3, 0.4) is 0 Å². The Bertz CT molecular complexity index is 1310. The average Bonchev–Trinajstić information content (AvgIpc) is 3.21. The molecule has 0 aliphatic heterocycles. The van der Waals surface area contributed by atoms with Gasteiger partial charge in [-0.25, -0.2) is 14.1 Å². The number of aromatic nitrogens is 3. The molecule has 2 atom stereocenters. The first-order chi connectivity index (χ1) is 15.4. The molecule has 0 saturated heterocycles. The van der Waals surface area contributed by atoms with Gasteiger partial charge in [0.25, 0.3) is 5.91 Å². The van der Waals surface area contributed by atoms with Gasteiger partial charge in [0.1, 0.15) is 10.8 Å². The summed E-state index contributed by atoms with van der Waals surface area (Å²) in [5, 5.41) is 8.66. The summed E-state index contributed by atoms with van der Waals surface area (Å²) in [6.07, 6.45) is 5.52. The van der Waals surface area contributed by atoms with Crippen molar-refractivity contribution >= 4 is 43.5 Å². The Balaban J connectivity index is 1.67. The largest absolute Gasteiger partial charge is 0.345 e. The Morgan fingerprint density at radius 1 is 1.19 bits per heavy atom. The second-order valence-electron chi connectivity index (χ2n) is 7.24. The van der Waals surface area contributed by atoms with E-state index in [1.165, 1.54) is 12.1 Å². The lowest BCUT2D eigenvalue weighted by molar-refractivity contribution is 0.0937. The van der Waals surface area contributed by atoms with Crippen LogP contribution in [0.5, 0.6) is 0 Å². The summed E-state index contributed by atoms with van der Waals surface area (Å²) >= 11 is 3.48. The zero-order chi connectivity index (χ0) is 22.8. The summed E-state index contributed by atoms with van der Waals surface area (Å²) in [4.78, 5) is 17.5. The van der Waals surface area contributed by atoms with Crippen LogP contribution < -0.4 is 5.32 Å². The summed E-state index contributed by atoms with van der Waals surface area (Å²) in [6, 6.07) is 12.9. The van der Waals surface area contributed by atoms with Crippen molar-refractivity contribution in [2.45, 2.75) is 24.4 Å². The van der Waals surface area contributed by atoms with Crippen LogP contribution in [0.4, 0.5) is 4.39 Å². The molecule has 9 heteroatoms. The molecule has 0 saturated carbocycles. The highest BCUT2D eigenvalue weighted by molar-refractivity contribution is 9.10. The number of carbonyl (C=O) groups excluding carboxylic acids is 1. The van der Waals surface area contributed by atoms with Gasteiger partial charge >= 0.3 is 0 Å². The summed E-state index contributed by atoms with van der Waals surface area (Å²) in [5.41, 5.74) is 2.72. The third kappa shape index (κ3) is 4.49. The molecule has 2 aromatic heterocycles. The highest BCUT2D eigenvalue weighted by Crippen LogP contribution is 2.27. The van der Waals surface area contributed by atoms with E-state index in [-0.39, 0.29) is 17.8 Å². The molecule has 32 heavy (non-hydrogen) atoms. The van der Waals surface area contributed by atoms with Gasteiger partial charge in [0.15, 0.2) is 0 Å². The van der Waals surface area contributed by atoms with Crippen LogP contribution in [0, 0.1) is 5.82 Å². The second kappa shape index (κ2) is 9.30. The number of pyridine rings is 1. The number of amides is 1. The van der Waals surface area contributed by atoms with Gasteiger partial charge in [-0.15, -0.1) is 0 Å². The third-order valence-corrected chi connectivity index (χ3v) is 6.43. The van der Waals surface area contributed by atoms with Gasteiger partial charge in [0.2, 0.25) is 0 Å². The molecule has 2 aromatic carbocycles. The molecular formula is C23H20BrFN4O2S. The highest BCUT2D eigenvalue weighted by atomic mass is 79.9. The number of hydrogen-bond donors (Lipinski definition) is 1. The molecule has 6 nitrogen and oxygen atoms in total. The summed E-state index contributed by atoms with van der Waals surface area (Å²) in [6.45, 7) is 1.97. The Kier molecular flexibility index (Phi) is 6.48. The quantitative estimate of drug-likeness (QED) is 0.395. The van der Waals surface area contributed by atoms with Crippen molar-refractivity contribution in [3.63, 3.8) is 0 Å². The number of carbonyl (C=O) groups is 1. The number of halogens is 2. The molecule has 0 aliphatic carbocycles. The number of benzene rings is 2. The van der Waals surface area contributed by atoms with Crippen molar-refractivity contribution in [2.24, 2.45) is 0 Å². The fourth-order valence-corrected chi connectivity index (χ4v) is 4.40. The van der Waals surface area contributed by atoms with Crippen LogP contribution >= 0.6 is 15.9 Å². The smallest absolute Gasteiger partial charge is 0.252 e. The molecule has 0 fully saturated rings. The fourth-order valence-electron chi connectivity index (χ4n) is 3.49. The predicted octanol–water partition coefficient (Wildman–Crippen LogP) is 4.94. The van der Waals surface area contributed by atoms with Crippen molar-refractivity contribution in [3.8, 4) is 5.69 Å². The van der Waals surface area contributed by atoms with E-state index in [0.29, 0.717) is 28.1 Å². The van der Waals surface area contributed by atoms with Gasteiger partial charge in [-0.3, -0.25) is 9.00 Å². The van der Waals surface area contributed by atoms with Crippen molar-refractivity contribution < 1.29 is 13.4 Å². The van der Waals surface area contributed by atoms with Crippen molar-refractivity contribution in [1.82, 2.24) is 20.1 Å². The Hall–Kier alpha value is -2.91. The second-order valence-corrected chi connectivity index (χ2v) is 9.48. The lowest BCUT2D eigenvalue weighted by Crippen LogP contribution is -2.28. The zero-order valence-corrected chi connectivity index (χ0v) is 19.8. The monoisotopic (exact) mass is 514 g/mol. The molecule has 1 N–H and O–H groups in total. The minimum absolute atomic E-state index is 0.245. The molecule has 2 unspecified atom stereocenters. The first-order valence-corrected chi connectivity index (χ1v) is 12.3. The van der Waals surface area contributed by atoms with Crippen molar-refractivity contribution in [3.05, 3.63) is 82.3 Å². The minimum atomic E-state index is -1.16. The number of fused-ring (bicyclic) bond motifs is 1. The number of nitrogens with zero attached hydrogens (tertiary/aromatic N) is 3. The van der Waals surface area contributed by atoms with Crippen LogP contribution in [0.15, 0.2) is 70.4 Å². The molecule has 2 heterocycles. The summed E-state index contributed by atoms with van der Waals surface area (Å²) in [5.74, 6) is -0.574. The van der Waals surface area contributed by atoms with Crippen molar-refractivity contribution in [2.75, 3.05) is 6.26 Å². The van der Waals surface area contributed by atoms with Gasteiger partial charge in [-0.1, -0.05) is 28.9 Å². The maximum absolute atomic E-state index is 13.3. The van der Waals surface area contributed by atoms with Crippen LogP contribution in [0.25, 0.3) is 16.6 Å². The van der Waals surface area contributed by atoms with Crippen LogP contribution in [0.2, 0.25) is 0 Å². The number of rotatable bonds is 6. The molecule has 0 radical (unpaired) electrons. The molecular weight excluding hydrogens is 495 g/mol. The lowest BCUT2D eigenvalue weighted by Gasteiger charge is -2.18. The molecule has 4 aromatic rings. The van der Waals surface area contributed by atoms with E-state index in [4.69, 9.17) is 0 Å². The number of hydrogen-bond acceptors (Lipinski definition) is 4. The van der Waals surface area contributed by atoms with E-state index >= 15 is 0 Å². The topological polar surface area (TPSA) is 76.9 Å². The first kappa shape index (κ1) is 22.3.